The van der Waals surface area contributed by atoms with Crippen LogP contribution in [-0.4, -0.2) is 27.8 Å². The van der Waals surface area contributed by atoms with E-state index in [9.17, 15) is 9.59 Å². The van der Waals surface area contributed by atoms with Gasteiger partial charge in [-0.05, 0) is 48.4 Å². The number of anilines is 1. The summed E-state index contributed by atoms with van der Waals surface area (Å²) in [6.07, 6.45) is 0.778. The van der Waals surface area contributed by atoms with E-state index in [1.54, 1.807) is 24.3 Å². The van der Waals surface area contributed by atoms with Gasteiger partial charge in [0.2, 0.25) is 17.7 Å². The number of benzene rings is 2. The van der Waals surface area contributed by atoms with Crippen LogP contribution in [-0.2, 0) is 16.1 Å². The maximum absolute atomic E-state index is 12.2. The largest absolute Gasteiger partial charge is 0.411 e. The summed E-state index contributed by atoms with van der Waals surface area (Å²) in [5.41, 5.74) is 2.36. The monoisotopic (exact) mass is 458 g/mol. The molecule has 0 saturated carbocycles. The molecule has 7 nitrogen and oxygen atoms in total. The third-order valence-corrected chi connectivity index (χ3v) is 5.64. The van der Waals surface area contributed by atoms with E-state index in [1.165, 1.54) is 0 Å². The minimum Gasteiger partial charge on any atom is -0.411 e. The lowest BCUT2D eigenvalue weighted by Crippen LogP contribution is -2.24. The molecule has 0 radical (unpaired) electrons. The van der Waals surface area contributed by atoms with Gasteiger partial charge < -0.3 is 15.1 Å². The molecule has 0 aliphatic carbocycles. The maximum atomic E-state index is 12.2. The molecule has 1 atom stereocenters. The smallest absolute Gasteiger partial charge is 0.277 e. The zero-order valence-electron chi connectivity index (χ0n) is 17.2. The Hall–Kier alpha value is -2.84. The molecule has 0 bridgehead atoms. The second-order valence-electron chi connectivity index (χ2n) is 6.94. The number of hydrogen-bond acceptors (Lipinski definition) is 6. The summed E-state index contributed by atoms with van der Waals surface area (Å²) < 4.78 is 5.58. The van der Waals surface area contributed by atoms with Gasteiger partial charge in [0, 0.05) is 28.7 Å². The van der Waals surface area contributed by atoms with E-state index in [1.807, 2.05) is 38.1 Å². The Labute approximate surface area is 190 Å². The third-order valence-electron chi connectivity index (χ3n) is 4.57. The Balaban J connectivity index is 1.47. The number of aromatic nitrogens is 2. The summed E-state index contributed by atoms with van der Waals surface area (Å²) >= 11 is 7.04. The van der Waals surface area contributed by atoms with Gasteiger partial charge in [0.05, 0.1) is 5.75 Å². The third kappa shape index (κ3) is 6.83. The maximum Gasteiger partial charge on any atom is 0.277 e. The highest BCUT2D eigenvalue weighted by Gasteiger charge is 2.12. The molecule has 9 heteroatoms. The summed E-state index contributed by atoms with van der Waals surface area (Å²) in [7, 11) is 0. The number of rotatable bonds is 9. The van der Waals surface area contributed by atoms with Gasteiger partial charge in [-0.2, -0.15) is 0 Å². The average molecular weight is 459 g/mol. The number of thioether (sulfide) groups is 1. The number of carbonyl (C=O) groups excluding carboxylic acids is 2. The molecule has 2 N–H and O–H groups in total. The number of hydrogen-bond donors (Lipinski definition) is 2. The second kappa shape index (κ2) is 11.0. The first-order chi connectivity index (χ1) is 14.9. The zero-order valence-corrected chi connectivity index (χ0v) is 18.8. The Morgan fingerprint density at radius 1 is 1.16 bits per heavy atom. The number of nitrogens with zero attached hydrogens (tertiary/aromatic N) is 2. The number of amides is 2. The van der Waals surface area contributed by atoms with Crippen molar-refractivity contribution in [1.82, 2.24) is 15.5 Å². The molecule has 31 heavy (non-hydrogen) atoms. The fourth-order valence-corrected chi connectivity index (χ4v) is 3.29. The van der Waals surface area contributed by atoms with Crippen LogP contribution in [0.4, 0.5) is 5.69 Å². The van der Waals surface area contributed by atoms with Gasteiger partial charge in [-0.1, -0.05) is 49.3 Å². The van der Waals surface area contributed by atoms with E-state index in [0.29, 0.717) is 28.4 Å². The molecule has 0 aliphatic heterocycles. The molecule has 3 aromatic rings. The standard InChI is InChI=1S/C22H23ClN4O3S/c1-3-14(2)20(29)25-18-6-4-5-15(11-18)12-24-19(28)13-31-22-27-26-21(30-22)16-7-9-17(23)10-8-16/h4-11,14H,3,12-13H2,1-2H3,(H,24,28)(H,25,29). The van der Waals surface area contributed by atoms with Crippen LogP contribution in [0.5, 0.6) is 0 Å². The first kappa shape index (κ1) is 22.8. The van der Waals surface area contributed by atoms with Crippen molar-refractivity contribution < 1.29 is 14.0 Å². The summed E-state index contributed by atoms with van der Waals surface area (Å²) in [6.45, 7) is 4.21. The van der Waals surface area contributed by atoms with Crippen molar-refractivity contribution in [3.05, 3.63) is 59.1 Å². The SMILES string of the molecule is CCC(C)C(=O)Nc1cccc(CNC(=O)CSc2nnc(-c3ccc(Cl)cc3)o2)c1. The van der Waals surface area contributed by atoms with Crippen molar-refractivity contribution in [2.24, 2.45) is 5.92 Å². The van der Waals surface area contributed by atoms with Crippen LogP contribution >= 0.6 is 23.4 Å². The predicted octanol–water partition coefficient (Wildman–Crippen LogP) is 4.78. The number of carbonyl (C=O) groups is 2. The van der Waals surface area contributed by atoms with E-state index in [-0.39, 0.29) is 23.5 Å². The predicted molar refractivity (Wildman–Crippen MR) is 122 cm³/mol. The normalized spacial score (nSPS) is 11.7. The summed E-state index contributed by atoms with van der Waals surface area (Å²) in [6, 6.07) is 14.5. The summed E-state index contributed by atoms with van der Waals surface area (Å²) in [5.74, 6) is 0.288. The van der Waals surface area contributed by atoms with Crippen LogP contribution in [0, 0.1) is 5.92 Å². The van der Waals surface area contributed by atoms with Gasteiger partial charge in [-0.15, -0.1) is 10.2 Å². The van der Waals surface area contributed by atoms with Gasteiger partial charge in [0.25, 0.3) is 5.22 Å². The van der Waals surface area contributed by atoms with Gasteiger partial charge in [0.1, 0.15) is 0 Å². The van der Waals surface area contributed by atoms with Crippen molar-refractivity contribution in [3.63, 3.8) is 0 Å². The minimum absolute atomic E-state index is 0.0161. The van der Waals surface area contributed by atoms with Gasteiger partial charge in [0.15, 0.2) is 0 Å². The van der Waals surface area contributed by atoms with E-state index >= 15 is 0 Å². The van der Waals surface area contributed by atoms with Gasteiger partial charge in [-0.3, -0.25) is 9.59 Å². The Morgan fingerprint density at radius 3 is 2.68 bits per heavy atom. The van der Waals surface area contributed by atoms with Crippen LogP contribution < -0.4 is 10.6 Å². The van der Waals surface area contributed by atoms with Crippen molar-refractivity contribution >= 4 is 40.9 Å². The highest BCUT2D eigenvalue weighted by molar-refractivity contribution is 7.99. The number of halogens is 1. The fourth-order valence-electron chi connectivity index (χ4n) is 2.57. The van der Waals surface area contributed by atoms with Crippen molar-refractivity contribution in [3.8, 4) is 11.5 Å². The molecular formula is C22H23ClN4O3S. The lowest BCUT2D eigenvalue weighted by atomic mass is 10.1. The van der Waals surface area contributed by atoms with Gasteiger partial charge in [-0.25, -0.2) is 0 Å². The fraction of sp³-hybridized carbons (Fsp3) is 0.273. The molecule has 1 aromatic heterocycles. The Morgan fingerprint density at radius 2 is 1.94 bits per heavy atom. The zero-order chi connectivity index (χ0) is 22.2. The van der Waals surface area contributed by atoms with Gasteiger partial charge >= 0.3 is 0 Å². The summed E-state index contributed by atoms with van der Waals surface area (Å²) in [4.78, 5) is 24.2. The molecular weight excluding hydrogens is 436 g/mol. The molecule has 0 spiro atoms. The first-order valence-corrected chi connectivity index (χ1v) is 11.2. The number of nitrogens with one attached hydrogen (secondary N) is 2. The molecule has 0 aliphatic rings. The topological polar surface area (TPSA) is 97.1 Å². The highest BCUT2D eigenvalue weighted by Crippen LogP contribution is 2.24. The van der Waals surface area contributed by atoms with Crippen LogP contribution in [0.1, 0.15) is 25.8 Å². The van der Waals surface area contributed by atoms with Crippen LogP contribution in [0.25, 0.3) is 11.5 Å². The van der Waals surface area contributed by atoms with Crippen LogP contribution in [0.15, 0.2) is 58.2 Å². The van der Waals surface area contributed by atoms with Crippen molar-refractivity contribution in [2.45, 2.75) is 32.0 Å². The second-order valence-corrected chi connectivity index (χ2v) is 8.31. The molecule has 162 valence electrons. The Kier molecular flexibility index (Phi) is 8.08. The summed E-state index contributed by atoms with van der Waals surface area (Å²) in [5, 5.41) is 14.6. The quantitative estimate of drug-likeness (QED) is 0.448. The molecule has 2 aromatic carbocycles. The molecule has 0 saturated heterocycles. The Bertz CT molecular complexity index is 1040. The van der Waals surface area contributed by atoms with Crippen molar-refractivity contribution in [2.75, 3.05) is 11.1 Å². The first-order valence-electron chi connectivity index (χ1n) is 9.83. The van der Waals surface area contributed by atoms with Crippen molar-refractivity contribution in [1.29, 1.82) is 0 Å². The lowest BCUT2D eigenvalue weighted by Gasteiger charge is -2.11. The lowest BCUT2D eigenvalue weighted by molar-refractivity contribution is -0.120. The van der Waals surface area contributed by atoms with E-state index < -0.39 is 0 Å². The molecule has 1 heterocycles. The van der Waals surface area contributed by atoms with E-state index in [0.717, 1.165) is 29.3 Å². The molecule has 1 unspecified atom stereocenters. The van der Waals surface area contributed by atoms with Crippen LogP contribution in [0.3, 0.4) is 0 Å². The minimum atomic E-state index is -0.162. The highest BCUT2D eigenvalue weighted by atomic mass is 35.5. The van der Waals surface area contributed by atoms with Crippen LogP contribution in [0.2, 0.25) is 5.02 Å². The molecule has 2 amide bonds. The van der Waals surface area contributed by atoms with E-state index in [2.05, 4.69) is 20.8 Å². The molecule has 0 fully saturated rings. The average Bonchev–Trinajstić information content (AvgIpc) is 3.25. The molecule has 3 rings (SSSR count). The van der Waals surface area contributed by atoms with E-state index in [4.69, 9.17) is 16.0 Å².